The maximum Gasteiger partial charge on any atom is 0.330 e. The Kier molecular flexibility index (Phi) is 5.20. The number of benzene rings is 2. The molecular formula is C29H27NO5. The summed E-state index contributed by atoms with van der Waals surface area (Å²) in [7, 11) is 0. The number of carbonyl (C=O) groups excluding carboxylic acids is 4. The van der Waals surface area contributed by atoms with Gasteiger partial charge >= 0.3 is 5.97 Å². The van der Waals surface area contributed by atoms with Gasteiger partial charge < -0.3 is 4.74 Å². The van der Waals surface area contributed by atoms with E-state index in [0.717, 1.165) is 12.0 Å². The zero-order valence-corrected chi connectivity index (χ0v) is 19.4. The molecular weight excluding hydrogens is 442 g/mol. The minimum atomic E-state index is -1.11. The van der Waals surface area contributed by atoms with Gasteiger partial charge in [0.1, 0.15) is 6.04 Å². The molecule has 2 aromatic carbocycles. The molecule has 5 aliphatic rings. The maximum atomic E-state index is 13.7. The quantitative estimate of drug-likeness (QED) is 0.269. The Morgan fingerprint density at radius 1 is 0.886 bits per heavy atom. The van der Waals surface area contributed by atoms with Crippen molar-refractivity contribution in [1.82, 2.24) is 4.90 Å². The monoisotopic (exact) mass is 469 g/mol. The molecule has 8 atom stereocenters. The Labute approximate surface area is 203 Å². The first kappa shape index (κ1) is 22.0. The van der Waals surface area contributed by atoms with E-state index < -0.39 is 30.0 Å². The number of Topliss-reactive ketones (excluding diaryl/α,β-unsaturated/α-hetero) is 1. The number of esters is 1. The summed E-state index contributed by atoms with van der Waals surface area (Å²) in [5, 5.41) is 0. The van der Waals surface area contributed by atoms with Gasteiger partial charge in [-0.2, -0.15) is 0 Å². The minimum Gasteiger partial charge on any atom is -0.453 e. The van der Waals surface area contributed by atoms with Gasteiger partial charge in [0.25, 0.3) is 0 Å². The minimum absolute atomic E-state index is 0.0726. The lowest BCUT2D eigenvalue weighted by atomic mass is 9.63. The van der Waals surface area contributed by atoms with Crippen LogP contribution in [0.4, 0.5) is 0 Å². The second kappa shape index (κ2) is 8.29. The first-order valence-corrected chi connectivity index (χ1v) is 12.3. The first-order valence-electron chi connectivity index (χ1n) is 12.3. The van der Waals surface area contributed by atoms with E-state index in [4.69, 9.17) is 4.74 Å². The highest BCUT2D eigenvalue weighted by atomic mass is 16.5. The van der Waals surface area contributed by atoms with Crippen LogP contribution in [0.5, 0.6) is 0 Å². The van der Waals surface area contributed by atoms with Crippen molar-refractivity contribution >= 4 is 23.6 Å². The Balaban J connectivity index is 1.28. The summed E-state index contributed by atoms with van der Waals surface area (Å²) in [5.41, 5.74) is 1.25. The maximum absolute atomic E-state index is 13.7. The van der Waals surface area contributed by atoms with Gasteiger partial charge in [-0.05, 0) is 42.6 Å². The lowest BCUT2D eigenvalue weighted by molar-refractivity contribution is -0.160. The molecule has 1 heterocycles. The average molecular weight is 470 g/mol. The molecule has 2 saturated carbocycles. The van der Waals surface area contributed by atoms with Gasteiger partial charge in [0.05, 0.1) is 11.8 Å². The number of carbonyl (C=O) groups is 4. The Morgan fingerprint density at radius 2 is 1.43 bits per heavy atom. The molecule has 0 unspecified atom stereocenters. The summed E-state index contributed by atoms with van der Waals surface area (Å²) in [6.07, 6.45) is 4.41. The molecule has 2 bridgehead atoms. The van der Waals surface area contributed by atoms with Crippen LogP contribution < -0.4 is 0 Å². The number of likely N-dealkylation sites (tertiary alicyclic amines) is 1. The van der Waals surface area contributed by atoms with E-state index in [1.165, 1.54) is 11.8 Å². The second-order valence-electron chi connectivity index (χ2n) is 10.2. The van der Waals surface area contributed by atoms with Crippen molar-refractivity contribution in [2.24, 2.45) is 35.5 Å². The predicted molar refractivity (Wildman–Crippen MR) is 127 cm³/mol. The molecule has 1 saturated heterocycles. The van der Waals surface area contributed by atoms with E-state index in [2.05, 4.69) is 12.2 Å². The number of ether oxygens (including phenoxy) is 1. The van der Waals surface area contributed by atoms with E-state index >= 15 is 0 Å². The van der Waals surface area contributed by atoms with Crippen LogP contribution in [0.25, 0.3) is 0 Å². The SMILES string of the molecule is C[C@H](OC(=O)[C@H](Cc1ccccc1)N1C(=O)[C@@H]2[C@@H]3C=C[C@H]([C@H]4C[C@H]34)[C@@H]2C1=O)C(=O)c1ccccc1. The van der Waals surface area contributed by atoms with Gasteiger partial charge in [-0.25, -0.2) is 4.79 Å². The highest BCUT2D eigenvalue weighted by molar-refractivity contribution is 6.09. The molecule has 35 heavy (non-hydrogen) atoms. The fourth-order valence-corrected chi connectivity index (χ4v) is 6.55. The lowest BCUT2D eigenvalue weighted by Gasteiger charge is -2.37. The molecule has 4 aliphatic carbocycles. The average Bonchev–Trinajstić information content (AvgIpc) is 3.67. The number of amides is 2. The number of hydrogen-bond donors (Lipinski definition) is 0. The third-order valence-corrected chi connectivity index (χ3v) is 8.27. The zero-order chi connectivity index (χ0) is 24.3. The molecule has 7 rings (SSSR count). The number of rotatable bonds is 7. The summed E-state index contributed by atoms with van der Waals surface area (Å²) in [5.74, 6) is -1.28. The van der Waals surface area contributed by atoms with E-state index in [-0.39, 0.29) is 35.9 Å². The van der Waals surface area contributed by atoms with Crippen molar-refractivity contribution in [3.8, 4) is 0 Å². The van der Waals surface area contributed by atoms with Gasteiger partial charge in [-0.3, -0.25) is 19.3 Å². The molecule has 0 radical (unpaired) electrons. The number of ketones is 1. The number of allylic oxidation sites excluding steroid dienone is 2. The van der Waals surface area contributed by atoms with Crippen molar-refractivity contribution in [1.29, 1.82) is 0 Å². The van der Waals surface area contributed by atoms with Crippen LogP contribution in [0.1, 0.15) is 29.3 Å². The molecule has 2 aromatic rings. The van der Waals surface area contributed by atoms with Crippen LogP contribution in [0, 0.1) is 35.5 Å². The third kappa shape index (κ3) is 3.54. The van der Waals surface area contributed by atoms with Gasteiger partial charge in [0.15, 0.2) is 6.10 Å². The van der Waals surface area contributed by atoms with Crippen molar-refractivity contribution in [3.63, 3.8) is 0 Å². The topological polar surface area (TPSA) is 80.8 Å². The standard InChI is InChI=1S/C29H27NO5/c1-16(26(31)18-10-6-3-7-11-18)35-29(34)23(14-17-8-4-2-5-9-17)30-27(32)24-19-12-13-20(22-15-21(19)22)25(24)28(30)33/h2-13,16,19-25H,14-15H2,1H3/t16-,19+,20+,21+,22+,23-,24-,25+/m0/s1. The van der Waals surface area contributed by atoms with Crippen LogP contribution in [-0.2, 0) is 25.5 Å². The van der Waals surface area contributed by atoms with Gasteiger partial charge in [0, 0.05) is 12.0 Å². The number of hydrogen-bond acceptors (Lipinski definition) is 5. The summed E-state index contributed by atoms with van der Waals surface area (Å²) in [4.78, 5) is 54.8. The van der Waals surface area contributed by atoms with Crippen molar-refractivity contribution in [3.05, 3.63) is 83.9 Å². The summed E-state index contributed by atoms with van der Waals surface area (Å²) in [6.45, 7) is 1.53. The van der Waals surface area contributed by atoms with E-state index in [1.807, 2.05) is 30.3 Å². The van der Waals surface area contributed by atoms with Crippen molar-refractivity contribution < 1.29 is 23.9 Å². The molecule has 2 amide bonds. The number of nitrogens with zero attached hydrogens (tertiary/aromatic N) is 1. The molecule has 6 heteroatoms. The Morgan fingerprint density at radius 3 is 2.00 bits per heavy atom. The predicted octanol–water partition coefficient (Wildman–Crippen LogP) is 3.47. The largest absolute Gasteiger partial charge is 0.453 e. The van der Waals surface area contributed by atoms with Gasteiger partial charge in [0.2, 0.25) is 17.6 Å². The first-order chi connectivity index (χ1) is 17.0. The molecule has 1 aliphatic heterocycles. The van der Waals surface area contributed by atoms with E-state index in [1.54, 1.807) is 30.3 Å². The fraction of sp³-hybridized carbons (Fsp3) is 0.379. The summed E-state index contributed by atoms with van der Waals surface area (Å²) >= 11 is 0. The normalized spacial score (nSPS) is 31.5. The van der Waals surface area contributed by atoms with E-state index in [9.17, 15) is 19.2 Å². The summed E-state index contributed by atoms with van der Waals surface area (Å²) < 4.78 is 5.61. The summed E-state index contributed by atoms with van der Waals surface area (Å²) in [6, 6.07) is 16.8. The molecule has 178 valence electrons. The van der Waals surface area contributed by atoms with Crippen LogP contribution in [-0.4, -0.2) is 40.6 Å². The highest BCUT2D eigenvalue weighted by Gasteiger charge is 2.68. The molecule has 0 N–H and O–H groups in total. The Hall–Kier alpha value is -3.54. The molecule has 3 fully saturated rings. The van der Waals surface area contributed by atoms with E-state index in [0.29, 0.717) is 17.4 Å². The highest BCUT2D eigenvalue weighted by Crippen LogP contribution is 2.65. The second-order valence-corrected chi connectivity index (χ2v) is 10.2. The van der Waals surface area contributed by atoms with Crippen molar-refractivity contribution in [2.45, 2.75) is 31.9 Å². The lowest BCUT2D eigenvalue weighted by Crippen LogP contribution is -2.49. The number of imide groups is 1. The van der Waals surface area contributed by atoms with Gasteiger partial charge in [-0.1, -0.05) is 72.8 Å². The zero-order valence-electron chi connectivity index (χ0n) is 19.4. The third-order valence-electron chi connectivity index (χ3n) is 8.27. The van der Waals surface area contributed by atoms with Gasteiger partial charge in [-0.15, -0.1) is 0 Å². The molecule has 6 nitrogen and oxygen atoms in total. The van der Waals surface area contributed by atoms with Crippen LogP contribution >= 0.6 is 0 Å². The molecule has 0 spiro atoms. The van der Waals surface area contributed by atoms with Crippen LogP contribution in [0.15, 0.2) is 72.8 Å². The molecule has 0 aromatic heterocycles. The smallest absolute Gasteiger partial charge is 0.330 e. The fourth-order valence-electron chi connectivity index (χ4n) is 6.55. The van der Waals surface area contributed by atoms with Crippen LogP contribution in [0.3, 0.4) is 0 Å². The van der Waals surface area contributed by atoms with Crippen LogP contribution in [0.2, 0.25) is 0 Å². The Bertz CT molecular complexity index is 1190. The van der Waals surface area contributed by atoms with Crippen molar-refractivity contribution in [2.75, 3.05) is 0 Å².